The van der Waals surface area contributed by atoms with E-state index in [0.29, 0.717) is 0 Å². The number of para-hydroxylation sites is 1. The van der Waals surface area contributed by atoms with Gasteiger partial charge in [-0.05, 0) is 109 Å². The molecule has 1 heterocycles. The zero-order chi connectivity index (χ0) is 32.3. The van der Waals surface area contributed by atoms with Crippen LogP contribution in [0.3, 0.4) is 0 Å². The molecule has 0 fully saturated rings. The van der Waals surface area contributed by atoms with Crippen LogP contribution in [0.2, 0.25) is 0 Å². The molecule has 0 N–H and O–H groups in total. The fourth-order valence-electron chi connectivity index (χ4n) is 6.50. The average molecular weight is 607 g/mol. The molecule has 0 saturated heterocycles. The summed E-state index contributed by atoms with van der Waals surface area (Å²) in [6, 6.07) is 50.6. The Morgan fingerprint density at radius 3 is 1.87 bits per heavy atom. The Labute approximate surface area is 277 Å². The fraction of sp³-hybridized carbons (Fsp3) is 0.0667. The van der Waals surface area contributed by atoms with Gasteiger partial charge in [-0.2, -0.15) is 0 Å². The zero-order valence-electron chi connectivity index (χ0n) is 27.2. The molecule has 0 atom stereocenters. The van der Waals surface area contributed by atoms with Crippen molar-refractivity contribution in [2.75, 3.05) is 4.90 Å². The predicted octanol–water partition coefficient (Wildman–Crippen LogP) is 12.8. The van der Waals surface area contributed by atoms with E-state index in [0.717, 1.165) is 17.1 Å². The second-order valence-corrected chi connectivity index (χ2v) is 12.1. The Balaban J connectivity index is 1.29. The van der Waals surface area contributed by atoms with Crippen LogP contribution in [0.25, 0.3) is 49.8 Å². The molecular weight excluding hydrogens is 569 g/mol. The molecule has 1 aromatic heterocycles. The molecule has 0 aliphatic heterocycles. The fourth-order valence-corrected chi connectivity index (χ4v) is 6.50. The average Bonchev–Trinajstić information content (AvgIpc) is 3.45. The van der Waals surface area contributed by atoms with Crippen molar-refractivity contribution in [2.45, 2.75) is 20.8 Å². The molecule has 0 aliphatic rings. The van der Waals surface area contributed by atoms with Crippen molar-refractivity contribution >= 4 is 44.6 Å². The van der Waals surface area contributed by atoms with Crippen molar-refractivity contribution in [2.24, 2.45) is 0 Å². The van der Waals surface area contributed by atoms with Gasteiger partial charge in [-0.15, -0.1) is 0 Å². The van der Waals surface area contributed by atoms with E-state index in [-0.39, 0.29) is 0 Å². The van der Waals surface area contributed by atoms with E-state index < -0.39 is 0 Å². The van der Waals surface area contributed by atoms with Gasteiger partial charge in [-0.3, -0.25) is 0 Å². The topological polar surface area (TPSA) is 8.17 Å². The van der Waals surface area contributed by atoms with Gasteiger partial charge in [0.2, 0.25) is 0 Å². The van der Waals surface area contributed by atoms with Crippen LogP contribution in [0.15, 0.2) is 170 Å². The molecule has 0 aliphatic carbocycles. The van der Waals surface area contributed by atoms with Crippen molar-refractivity contribution < 1.29 is 0 Å². The third-order valence-corrected chi connectivity index (χ3v) is 8.91. The number of fused-ring (bicyclic) bond motifs is 3. The summed E-state index contributed by atoms with van der Waals surface area (Å²) in [6.45, 7) is 10.3. The first-order chi connectivity index (χ1) is 23.0. The molecule has 0 bridgehead atoms. The Kier molecular flexibility index (Phi) is 8.16. The van der Waals surface area contributed by atoms with E-state index >= 15 is 0 Å². The Bertz CT molecular complexity index is 2260. The summed E-state index contributed by atoms with van der Waals surface area (Å²) in [6.07, 6.45) is 7.94. The largest absolute Gasteiger partial charge is 0.313 e. The second kappa shape index (κ2) is 12.9. The summed E-state index contributed by atoms with van der Waals surface area (Å²) in [4.78, 5) is 2.37. The number of rotatable bonds is 8. The first-order valence-corrected chi connectivity index (χ1v) is 16.1. The molecule has 228 valence electrons. The zero-order valence-corrected chi connectivity index (χ0v) is 27.2. The van der Waals surface area contributed by atoms with Crippen molar-refractivity contribution in [1.29, 1.82) is 0 Å². The summed E-state index contributed by atoms with van der Waals surface area (Å²) in [7, 11) is 0. The minimum atomic E-state index is 1.13. The van der Waals surface area contributed by atoms with Gasteiger partial charge in [-0.25, -0.2) is 0 Å². The monoisotopic (exact) mass is 606 g/mol. The van der Waals surface area contributed by atoms with Crippen molar-refractivity contribution in [3.63, 3.8) is 0 Å². The number of aryl methyl sites for hydroxylation is 2. The Hall–Kier alpha value is -5.86. The number of allylic oxidation sites excluding steroid dienone is 5. The number of benzene rings is 6. The summed E-state index contributed by atoms with van der Waals surface area (Å²) in [5.41, 5.74) is 14.3. The van der Waals surface area contributed by atoms with Gasteiger partial charge in [0.1, 0.15) is 0 Å². The first kappa shape index (κ1) is 29.8. The highest BCUT2D eigenvalue weighted by atomic mass is 15.1. The number of aromatic nitrogens is 1. The number of anilines is 3. The van der Waals surface area contributed by atoms with Gasteiger partial charge >= 0.3 is 0 Å². The maximum Gasteiger partial charge on any atom is 0.0538 e. The van der Waals surface area contributed by atoms with Crippen LogP contribution in [0, 0.1) is 13.8 Å². The number of hydrogen-bond acceptors (Lipinski definition) is 1. The van der Waals surface area contributed by atoms with Gasteiger partial charge in [0.05, 0.1) is 11.0 Å². The first-order valence-electron chi connectivity index (χ1n) is 16.1. The summed E-state index contributed by atoms with van der Waals surface area (Å²) in [5.74, 6) is 0. The maximum absolute atomic E-state index is 3.80. The molecule has 7 aromatic rings. The highest BCUT2D eigenvalue weighted by Gasteiger charge is 2.17. The number of hydrogen-bond donors (Lipinski definition) is 0. The van der Waals surface area contributed by atoms with E-state index in [1.807, 2.05) is 12.2 Å². The lowest BCUT2D eigenvalue weighted by Gasteiger charge is -2.28. The van der Waals surface area contributed by atoms with Crippen LogP contribution in [0.4, 0.5) is 17.1 Å². The second-order valence-electron chi connectivity index (χ2n) is 12.1. The molecule has 0 spiro atoms. The lowest BCUT2D eigenvalue weighted by Crippen LogP contribution is -2.11. The minimum Gasteiger partial charge on any atom is -0.313 e. The van der Waals surface area contributed by atoms with E-state index in [1.54, 1.807) is 6.08 Å². The summed E-state index contributed by atoms with van der Waals surface area (Å²) >= 11 is 0. The van der Waals surface area contributed by atoms with Crippen molar-refractivity contribution in [1.82, 2.24) is 4.57 Å². The summed E-state index contributed by atoms with van der Waals surface area (Å²) < 4.78 is 2.34. The lowest BCUT2D eigenvalue weighted by atomic mass is 10.0. The quantitative estimate of drug-likeness (QED) is 0.156. The van der Waals surface area contributed by atoms with Gasteiger partial charge in [0.25, 0.3) is 0 Å². The molecule has 0 saturated carbocycles. The van der Waals surface area contributed by atoms with Gasteiger partial charge in [0.15, 0.2) is 0 Å². The van der Waals surface area contributed by atoms with Crippen LogP contribution in [-0.2, 0) is 0 Å². The third kappa shape index (κ3) is 5.82. The van der Waals surface area contributed by atoms with Crippen LogP contribution < -0.4 is 4.90 Å². The normalized spacial score (nSPS) is 11.9. The summed E-state index contributed by atoms with van der Waals surface area (Å²) in [5, 5.41) is 2.50. The van der Waals surface area contributed by atoms with Crippen LogP contribution in [-0.4, -0.2) is 4.57 Å². The lowest BCUT2D eigenvalue weighted by molar-refractivity contribution is 1.20. The maximum atomic E-state index is 3.80. The smallest absolute Gasteiger partial charge is 0.0538 e. The van der Waals surface area contributed by atoms with Crippen LogP contribution >= 0.6 is 0 Å². The van der Waals surface area contributed by atoms with Gasteiger partial charge in [-0.1, -0.05) is 116 Å². The minimum absolute atomic E-state index is 1.13. The SMILES string of the molecule is C=C/C=C\C=C(/C)n1c2ccccc2c2cc(-c3ccc(N(c4ccc(-c5ccccc5)cc4)c4cc(C)ccc4C)cc3)ccc21. The van der Waals surface area contributed by atoms with Crippen molar-refractivity contribution in [3.8, 4) is 22.3 Å². The van der Waals surface area contributed by atoms with E-state index in [4.69, 9.17) is 0 Å². The van der Waals surface area contributed by atoms with Crippen LogP contribution in [0.1, 0.15) is 18.1 Å². The molecule has 0 unspecified atom stereocenters. The molecule has 2 nitrogen and oxygen atoms in total. The highest BCUT2D eigenvalue weighted by Crippen LogP contribution is 2.40. The molecule has 6 aromatic carbocycles. The van der Waals surface area contributed by atoms with Gasteiger partial charge < -0.3 is 9.47 Å². The molecule has 0 amide bonds. The van der Waals surface area contributed by atoms with E-state index in [9.17, 15) is 0 Å². The van der Waals surface area contributed by atoms with Gasteiger partial charge in [0, 0.05) is 33.5 Å². The number of nitrogens with zero attached hydrogens (tertiary/aromatic N) is 2. The molecule has 47 heavy (non-hydrogen) atoms. The third-order valence-electron chi connectivity index (χ3n) is 8.91. The molecule has 0 radical (unpaired) electrons. The van der Waals surface area contributed by atoms with E-state index in [1.165, 1.54) is 60.9 Å². The molecular formula is C45H38N2. The molecule has 7 rings (SSSR count). The Morgan fingerprint density at radius 2 is 1.17 bits per heavy atom. The standard InChI is InChI=1S/C45H38N2/c1-5-6-8-13-34(4)46-43-17-12-11-16-41(43)42-31-38(24-29-44(42)46)37-22-27-40(28-23-37)47(45-30-32(2)18-19-33(45)3)39-25-20-36(21-26-39)35-14-9-7-10-15-35/h5-31H,1H2,2-4H3/b8-6-,34-13+. The predicted molar refractivity (Wildman–Crippen MR) is 204 cm³/mol. The Morgan fingerprint density at radius 1 is 0.574 bits per heavy atom. The molecule has 2 heteroatoms. The van der Waals surface area contributed by atoms with E-state index in [2.05, 4.69) is 182 Å². The van der Waals surface area contributed by atoms with Crippen molar-refractivity contribution in [3.05, 3.63) is 182 Å². The van der Waals surface area contributed by atoms with Crippen LogP contribution in [0.5, 0.6) is 0 Å². The highest BCUT2D eigenvalue weighted by molar-refractivity contribution is 6.11.